The van der Waals surface area contributed by atoms with E-state index in [9.17, 15) is 4.79 Å². The summed E-state index contributed by atoms with van der Waals surface area (Å²) >= 11 is 2.21. The number of carbonyl (C=O) groups excluding carboxylic acids is 1. The molecule has 0 atom stereocenters. The second-order valence-electron chi connectivity index (χ2n) is 5.96. The molecule has 0 radical (unpaired) electrons. The number of nitrogens with one attached hydrogen (secondary N) is 2. The second-order valence-corrected chi connectivity index (χ2v) is 7.48. The summed E-state index contributed by atoms with van der Waals surface area (Å²) in [4.78, 5) is 21.0. The van der Waals surface area contributed by atoms with Gasteiger partial charge in [-0.05, 0) is 18.6 Å². The molecule has 2 N–H and O–H groups in total. The molecule has 1 amide bonds. The van der Waals surface area contributed by atoms with Crippen LogP contribution < -0.4 is 10.6 Å². The van der Waals surface area contributed by atoms with E-state index >= 15 is 0 Å². The molecule has 3 rings (SSSR count). The first kappa shape index (κ1) is 24.2. The van der Waals surface area contributed by atoms with Gasteiger partial charge in [0.1, 0.15) is 11.6 Å². The Bertz CT molecular complexity index is 840. The van der Waals surface area contributed by atoms with E-state index < -0.39 is 0 Å². The fourth-order valence-corrected chi connectivity index (χ4v) is 3.00. The summed E-state index contributed by atoms with van der Waals surface area (Å²) in [5.41, 5.74) is 2.89. The minimum atomic E-state index is -0.0845. The van der Waals surface area contributed by atoms with Crippen molar-refractivity contribution in [3.63, 3.8) is 0 Å². The Morgan fingerprint density at radius 3 is 2.67 bits per heavy atom. The zero-order valence-electron chi connectivity index (χ0n) is 15.8. The van der Waals surface area contributed by atoms with E-state index in [0.29, 0.717) is 19.0 Å². The van der Waals surface area contributed by atoms with Crippen molar-refractivity contribution >= 4 is 56.9 Å². The van der Waals surface area contributed by atoms with Crippen LogP contribution in [0.25, 0.3) is 16.5 Å². The Morgan fingerprint density at radius 2 is 2.11 bits per heavy atom. The van der Waals surface area contributed by atoms with Gasteiger partial charge >= 0.3 is 0 Å². The summed E-state index contributed by atoms with van der Waals surface area (Å²) in [5.74, 6) is 1.15. The van der Waals surface area contributed by atoms with Gasteiger partial charge in [0.15, 0.2) is 0 Å². The Hall–Kier alpha value is -0.888. The van der Waals surface area contributed by atoms with Gasteiger partial charge in [-0.15, -0.1) is 0 Å². The largest absolute Gasteiger partial charge is 0.380 e. The predicted molar refractivity (Wildman–Crippen MR) is 114 cm³/mol. The number of anilines is 2. The van der Waals surface area contributed by atoms with Crippen LogP contribution in [0.2, 0.25) is 0 Å². The molecule has 9 heteroatoms. The zero-order valence-corrected chi connectivity index (χ0v) is 22.2. The van der Waals surface area contributed by atoms with Gasteiger partial charge in [0.2, 0.25) is 5.91 Å². The van der Waals surface area contributed by atoms with Crippen LogP contribution in [-0.4, -0.2) is 46.3 Å². The third kappa shape index (κ3) is 5.79. The number of ether oxygens (including phenoxy) is 1. The van der Waals surface area contributed by atoms with E-state index in [0.717, 1.165) is 27.9 Å². The van der Waals surface area contributed by atoms with E-state index in [2.05, 4.69) is 49.5 Å². The average Bonchev–Trinajstić information content (AvgIpc) is 2.51. The molecule has 2 aromatic rings. The maximum absolute atomic E-state index is 12.0. The molecule has 144 valence electrons. The van der Waals surface area contributed by atoms with Crippen LogP contribution in [0.5, 0.6) is 0 Å². The molecular weight excluding hydrogens is 683 g/mol. The molecule has 1 fully saturated rings. The second kappa shape index (κ2) is 10.6. The van der Waals surface area contributed by atoms with E-state index in [1.807, 2.05) is 30.3 Å². The molecule has 1 aliphatic heterocycles. The number of fused-ring (bicyclic) bond motifs is 1. The normalized spacial score (nSPS) is 13.9. The predicted octanol–water partition coefficient (Wildman–Crippen LogP) is 3.35. The molecule has 0 saturated carbocycles. The van der Waals surface area contributed by atoms with Crippen molar-refractivity contribution in [3.8, 4) is 0 Å². The number of halogens is 1. The fourth-order valence-electron chi connectivity index (χ4n) is 2.58. The van der Waals surface area contributed by atoms with Gasteiger partial charge in [-0.1, -0.05) is 0 Å². The van der Waals surface area contributed by atoms with Crippen molar-refractivity contribution < 1.29 is 40.6 Å². The number of rotatable bonds is 5. The fraction of sp³-hybridized carbons (Fsp3) is 0.333. The third-order valence-corrected chi connectivity index (χ3v) is 4.27. The number of hydrogen-bond donors (Lipinski definition) is 2. The standard InChI is InChI=1S/C17H20IN5O2.CH3.U/c1-10(7-23(3)18)13-4-11-6-20-15(5-14(11)21-16(13)19-2)22-17(24)12-8-25-9-12;;/h4-7,12H,8-9H2,1-3H3,(H,19,21)(H,20,22,24);1H3;/q;-1;/b10-7-;;. The molecule has 7 nitrogen and oxygen atoms in total. The van der Waals surface area contributed by atoms with Crippen LogP contribution in [0.15, 0.2) is 24.5 Å². The molecule has 0 aromatic carbocycles. The van der Waals surface area contributed by atoms with Crippen molar-refractivity contribution in [2.24, 2.45) is 5.92 Å². The molecule has 1 aliphatic rings. The van der Waals surface area contributed by atoms with Crippen molar-refractivity contribution in [1.29, 1.82) is 0 Å². The number of nitrogens with zero attached hydrogens (tertiary/aromatic N) is 3. The maximum Gasteiger partial charge on any atom is 0.233 e. The first-order chi connectivity index (χ1) is 12.0. The number of allylic oxidation sites excluding steroid dienone is 1. The number of amides is 1. The molecule has 3 heterocycles. The summed E-state index contributed by atoms with van der Waals surface area (Å²) < 4.78 is 7.02. The van der Waals surface area contributed by atoms with Crippen LogP contribution >= 0.6 is 22.9 Å². The van der Waals surface area contributed by atoms with Gasteiger partial charge in [0, 0.05) is 74.6 Å². The van der Waals surface area contributed by atoms with E-state index in [4.69, 9.17) is 4.74 Å². The molecule has 0 bridgehead atoms. The van der Waals surface area contributed by atoms with Gasteiger partial charge in [-0.25, -0.2) is 9.97 Å². The van der Waals surface area contributed by atoms with Gasteiger partial charge in [-0.2, -0.15) is 0 Å². The Labute approximate surface area is 197 Å². The smallest absolute Gasteiger partial charge is 0.233 e. The summed E-state index contributed by atoms with van der Waals surface area (Å²) in [6.07, 6.45) is 3.77. The van der Waals surface area contributed by atoms with Crippen LogP contribution in [0.4, 0.5) is 11.6 Å². The van der Waals surface area contributed by atoms with Crippen molar-refractivity contribution in [2.45, 2.75) is 6.92 Å². The Kier molecular flexibility index (Phi) is 9.48. The van der Waals surface area contributed by atoms with Crippen LogP contribution in [0, 0.1) is 44.5 Å². The molecule has 27 heavy (non-hydrogen) atoms. The quantitative estimate of drug-likeness (QED) is 0.283. The summed E-state index contributed by atoms with van der Waals surface area (Å²) in [5, 5.41) is 6.89. The van der Waals surface area contributed by atoms with Gasteiger partial charge < -0.3 is 25.9 Å². The number of aromatic nitrogens is 2. The van der Waals surface area contributed by atoms with Crippen molar-refractivity contribution in [3.05, 3.63) is 37.5 Å². The molecular formula is C18H23IN5O2U-. The van der Waals surface area contributed by atoms with Crippen LogP contribution in [0.3, 0.4) is 0 Å². The molecule has 1 saturated heterocycles. The summed E-state index contributed by atoms with van der Waals surface area (Å²) in [6.45, 7) is 2.99. The SMILES string of the molecule is CNc1nc2cc(NC(=O)C3COC3)ncc2cc1/C(C)=C\N(C)I.[CH3-].[U]. The van der Waals surface area contributed by atoms with Crippen molar-refractivity contribution in [2.75, 3.05) is 37.9 Å². The van der Waals surface area contributed by atoms with Crippen LogP contribution in [0.1, 0.15) is 12.5 Å². The number of pyridine rings is 2. The Morgan fingerprint density at radius 1 is 1.41 bits per heavy atom. The molecule has 0 aliphatic carbocycles. The Balaban J connectivity index is 0.00000182. The first-order valence-electron chi connectivity index (χ1n) is 7.92. The summed E-state index contributed by atoms with van der Waals surface area (Å²) in [6, 6.07) is 3.85. The van der Waals surface area contributed by atoms with Gasteiger partial charge in [0.05, 0.1) is 47.5 Å². The van der Waals surface area contributed by atoms with Crippen molar-refractivity contribution in [1.82, 2.24) is 13.1 Å². The van der Waals surface area contributed by atoms with Gasteiger partial charge in [-0.3, -0.25) is 4.79 Å². The first-order valence-corrected chi connectivity index (χ1v) is 8.89. The number of carbonyl (C=O) groups is 1. The van der Waals surface area contributed by atoms with E-state index in [1.165, 1.54) is 0 Å². The number of hydrogen-bond acceptors (Lipinski definition) is 6. The van der Waals surface area contributed by atoms with Gasteiger partial charge in [0.25, 0.3) is 0 Å². The molecule has 0 unspecified atom stereocenters. The topological polar surface area (TPSA) is 79.4 Å². The minimum Gasteiger partial charge on any atom is -0.380 e. The summed E-state index contributed by atoms with van der Waals surface area (Å²) in [7, 11) is 3.82. The molecule has 2 aromatic heterocycles. The van der Waals surface area contributed by atoms with E-state index in [1.54, 1.807) is 12.3 Å². The maximum atomic E-state index is 12.0. The third-order valence-electron chi connectivity index (χ3n) is 3.99. The zero-order chi connectivity index (χ0) is 18.0. The van der Waals surface area contributed by atoms with E-state index in [-0.39, 0.29) is 50.4 Å². The minimum absolute atomic E-state index is 0. The monoisotopic (exact) mass is 706 g/mol. The molecule has 0 spiro atoms. The van der Waals surface area contributed by atoms with Crippen LogP contribution in [-0.2, 0) is 9.53 Å². The average molecular weight is 706 g/mol.